The predicted octanol–water partition coefficient (Wildman–Crippen LogP) is -0.126. The van der Waals surface area contributed by atoms with E-state index in [1.165, 1.54) is 0 Å². The van der Waals surface area contributed by atoms with Gasteiger partial charge in [0, 0.05) is 25.5 Å². The van der Waals surface area contributed by atoms with Crippen LogP contribution in [0, 0.1) is 12.8 Å². The van der Waals surface area contributed by atoms with E-state index in [2.05, 4.69) is 9.97 Å². The highest BCUT2D eigenvalue weighted by atomic mass is 16.2. The van der Waals surface area contributed by atoms with Crippen LogP contribution in [0.5, 0.6) is 0 Å². The molecule has 1 saturated heterocycles. The fourth-order valence-corrected chi connectivity index (χ4v) is 2.78. The van der Waals surface area contributed by atoms with Crippen LogP contribution in [-0.2, 0) is 16.1 Å². The Kier molecular flexibility index (Phi) is 4.95. The molecule has 0 aliphatic carbocycles. The number of likely N-dealkylation sites (tertiary alicyclic amines) is 1. The zero-order valence-corrected chi connectivity index (χ0v) is 12.6. The molecule has 0 radical (unpaired) electrons. The molecule has 2 amide bonds. The van der Waals surface area contributed by atoms with E-state index in [-0.39, 0.29) is 24.3 Å². The second-order valence-electron chi connectivity index (χ2n) is 5.75. The van der Waals surface area contributed by atoms with Crippen molar-refractivity contribution in [3.05, 3.63) is 17.7 Å². The van der Waals surface area contributed by atoms with Crippen molar-refractivity contribution in [1.29, 1.82) is 0 Å². The number of piperidine rings is 1. The Morgan fingerprint density at radius 1 is 1.57 bits per heavy atom. The summed E-state index contributed by atoms with van der Waals surface area (Å²) in [7, 11) is 1.78. The lowest BCUT2D eigenvalue weighted by Gasteiger charge is -2.33. The second-order valence-corrected chi connectivity index (χ2v) is 5.75. The summed E-state index contributed by atoms with van der Waals surface area (Å²) in [6.07, 6.45) is 3.52. The van der Waals surface area contributed by atoms with Crippen LogP contribution in [0.1, 0.15) is 24.4 Å². The number of hydrogen-bond donors (Lipinski definition) is 2. The molecule has 0 spiro atoms. The summed E-state index contributed by atoms with van der Waals surface area (Å²) in [5.74, 6) is 0.466. The fraction of sp³-hybridized carbons (Fsp3) is 0.643. The van der Waals surface area contributed by atoms with Gasteiger partial charge in [0.15, 0.2) is 0 Å². The van der Waals surface area contributed by atoms with Crippen molar-refractivity contribution in [2.75, 3.05) is 26.7 Å². The van der Waals surface area contributed by atoms with E-state index in [0.29, 0.717) is 13.1 Å². The third kappa shape index (κ3) is 4.29. The first-order valence-electron chi connectivity index (χ1n) is 7.22. The monoisotopic (exact) mass is 293 g/mol. The van der Waals surface area contributed by atoms with Crippen LogP contribution in [0.15, 0.2) is 6.20 Å². The van der Waals surface area contributed by atoms with Gasteiger partial charge in [-0.2, -0.15) is 0 Å². The Bertz CT molecular complexity index is 513. The van der Waals surface area contributed by atoms with Crippen molar-refractivity contribution in [2.24, 2.45) is 11.7 Å². The number of H-pyrrole nitrogens is 1. The first kappa shape index (κ1) is 15.5. The molecule has 3 N–H and O–H groups in total. The maximum absolute atomic E-state index is 12.5. The first-order chi connectivity index (χ1) is 9.95. The lowest BCUT2D eigenvalue weighted by Crippen LogP contribution is -2.46. The number of rotatable bonds is 5. The molecule has 21 heavy (non-hydrogen) atoms. The Hall–Kier alpha value is -1.89. The quantitative estimate of drug-likeness (QED) is 0.791. The molecule has 1 aliphatic heterocycles. The Balaban J connectivity index is 1.90. The van der Waals surface area contributed by atoms with Gasteiger partial charge in [-0.25, -0.2) is 4.98 Å². The van der Waals surface area contributed by atoms with Crippen molar-refractivity contribution in [1.82, 2.24) is 19.8 Å². The molecule has 1 aliphatic rings. The molecule has 7 heteroatoms. The van der Waals surface area contributed by atoms with Crippen molar-refractivity contribution >= 4 is 11.8 Å². The normalized spacial score (nSPS) is 19.4. The van der Waals surface area contributed by atoms with E-state index in [9.17, 15) is 9.59 Å². The molecule has 1 aromatic rings. The minimum Gasteiger partial charge on any atom is -0.369 e. The summed E-state index contributed by atoms with van der Waals surface area (Å²) in [4.78, 5) is 34.5. The van der Waals surface area contributed by atoms with Gasteiger partial charge in [0.05, 0.1) is 19.0 Å². The van der Waals surface area contributed by atoms with Crippen LogP contribution in [0.25, 0.3) is 0 Å². The Morgan fingerprint density at radius 3 is 2.95 bits per heavy atom. The van der Waals surface area contributed by atoms with Gasteiger partial charge in [-0.3, -0.25) is 14.5 Å². The molecular formula is C14H23N5O2. The van der Waals surface area contributed by atoms with Gasteiger partial charge in [0.25, 0.3) is 0 Å². The summed E-state index contributed by atoms with van der Waals surface area (Å²) in [6, 6.07) is 0. The van der Waals surface area contributed by atoms with Crippen LogP contribution in [0.4, 0.5) is 0 Å². The number of nitrogens with zero attached hydrogens (tertiary/aromatic N) is 3. The van der Waals surface area contributed by atoms with Gasteiger partial charge < -0.3 is 15.6 Å². The molecule has 0 aromatic carbocycles. The van der Waals surface area contributed by atoms with Gasteiger partial charge >= 0.3 is 0 Å². The largest absolute Gasteiger partial charge is 0.369 e. The van der Waals surface area contributed by atoms with E-state index in [1.807, 2.05) is 11.8 Å². The number of aromatic nitrogens is 2. The minimum absolute atomic E-state index is 0.0702. The summed E-state index contributed by atoms with van der Waals surface area (Å²) in [6.45, 7) is 4.06. The number of aryl methyl sites for hydroxylation is 1. The average molecular weight is 293 g/mol. The molecule has 0 bridgehead atoms. The molecule has 2 rings (SSSR count). The average Bonchev–Trinajstić information content (AvgIpc) is 2.82. The van der Waals surface area contributed by atoms with Gasteiger partial charge in [-0.05, 0) is 26.3 Å². The standard InChI is InChI=1S/C14H23N5O2/c1-10-6-16-13(17-10)9-18(2)14(21)11-4-3-5-19(7-11)8-12(15)20/h6,11H,3-5,7-9H2,1-2H3,(H2,15,20)(H,16,17). The summed E-state index contributed by atoms with van der Waals surface area (Å²) >= 11 is 0. The van der Waals surface area contributed by atoms with Crippen LogP contribution >= 0.6 is 0 Å². The molecule has 1 aromatic heterocycles. The Labute approximate surface area is 124 Å². The summed E-state index contributed by atoms with van der Waals surface area (Å²) < 4.78 is 0. The zero-order valence-electron chi connectivity index (χ0n) is 12.6. The van der Waals surface area contributed by atoms with Crippen molar-refractivity contribution < 1.29 is 9.59 Å². The zero-order chi connectivity index (χ0) is 15.4. The molecule has 2 heterocycles. The number of hydrogen-bond acceptors (Lipinski definition) is 4. The van der Waals surface area contributed by atoms with Gasteiger partial charge in [0.1, 0.15) is 5.82 Å². The molecule has 1 atom stereocenters. The minimum atomic E-state index is -0.345. The fourth-order valence-electron chi connectivity index (χ4n) is 2.78. The maximum Gasteiger partial charge on any atom is 0.231 e. The van der Waals surface area contributed by atoms with Crippen molar-refractivity contribution in [3.63, 3.8) is 0 Å². The van der Waals surface area contributed by atoms with E-state index in [1.54, 1.807) is 18.1 Å². The third-order valence-corrected chi connectivity index (χ3v) is 3.75. The van der Waals surface area contributed by atoms with Gasteiger partial charge in [-0.1, -0.05) is 0 Å². The SMILES string of the molecule is Cc1cnc(CN(C)C(=O)C2CCCN(CC(N)=O)C2)[nH]1. The summed E-state index contributed by atoms with van der Waals surface area (Å²) in [5.41, 5.74) is 6.20. The number of nitrogens with two attached hydrogens (primary N) is 1. The highest BCUT2D eigenvalue weighted by molar-refractivity contribution is 5.79. The Morgan fingerprint density at radius 2 is 2.33 bits per heavy atom. The van der Waals surface area contributed by atoms with E-state index < -0.39 is 0 Å². The van der Waals surface area contributed by atoms with Crippen molar-refractivity contribution in [2.45, 2.75) is 26.3 Å². The number of primary amides is 1. The lowest BCUT2D eigenvalue weighted by molar-refractivity contribution is -0.137. The van der Waals surface area contributed by atoms with E-state index in [0.717, 1.165) is 30.9 Å². The highest BCUT2D eigenvalue weighted by Crippen LogP contribution is 2.18. The molecule has 0 saturated carbocycles. The van der Waals surface area contributed by atoms with Crippen LogP contribution in [0.3, 0.4) is 0 Å². The number of aromatic amines is 1. The van der Waals surface area contributed by atoms with Crippen LogP contribution < -0.4 is 5.73 Å². The number of carbonyl (C=O) groups is 2. The maximum atomic E-state index is 12.5. The highest BCUT2D eigenvalue weighted by Gasteiger charge is 2.28. The van der Waals surface area contributed by atoms with E-state index >= 15 is 0 Å². The first-order valence-corrected chi connectivity index (χ1v) is 7.22. The second kappa shape index (κ2) is 6.71. The van der Waals surface area contributed by atoms with Crippen LogP contribution in [-0.4, -0.2) is 58.3 Å². The molecule has 7 nitrogen and oxygen atoms in total. The van der Waals surface area contributed by atoms with Gasteiger partial charge in [-0.15, -0.1) is 0 Å². The topological polar surface area (TPSA) is 95.3 Å². The number of imidazole rings is 1. The summed E-state index contributed by atoms with van der Waals surface area (Å²) in [5, 5.41) is 0. The molecular weight excluding hydrogens is 270 g/mol. The van der Waals surface area contributed by atoms with Crippen molar-refractivity contribution in [3.8, 4) is 0 Å². The smallest absolute Gasteiger partial charge is 0.231 e. The van der Waals surface area contributed by atoms with Crippen LogP contribution in [0.2, 0.25) is 0 Å². The molecule has 1 fully saturated rings. The lowest BCUT2D eigenvalue weighted by atomic mass is 9.96. The number of amides is 2. The number of nitrogens with one attached hydrogen (secondary N) is 1. The molecule has 116 valence electrons. The van der Waals surface area contributed by atoms with Gasteiger partial charge in [0.2, 0.25) is 11.8 Å². The third-order valence-electron chi connectivity index (χ3n) is 3.75. The number of carbonyl (C=O) groups excluding carboxylic acids is 2. The van der Waals surface area contributed by atoms with E-state index in [4.69, 9.17) is 5.73 Å². The molecule has 1 unspecified atom stereocenters. The predicted molar refractivity (Wildman–Crippen MR) is 78.2 cm³/mol.